The molecule has 8 heteroatoms. The van der Waals surface area contributed by atoms with Gasteiger partial charge >= 0.3 is 5.97 Å². The lowest BCUT2D eigenvalue weighted by molar-refractivity contribution is 0.0726. The minimum absolute atomic E-state index is 0.0654. The summed E-state index contributed by atoms with van der Waals surface area (Å²) in [4.78, 5) is 12.3. The van der Waals surface area contributed by atoms with E-state index in [9.17, 15) is 13.2 Å². The summed E-state index contributed by atoms with van der Waals surface area (Å²) in [5.41, 5.74) is 0.126. The molecule has 0 bridgehead atoms. The molecule has 0 spiro atoms. The van der Waals surface area contributed by atoms with Gasteiger partial charge in [-0.05, 0) is 30.3 Å². The quantitative estimate of drug-likeness (QED) is 0.585. The molecule has 7 nitrogen and oxygen atoms in total. The molecule has 3 rings (SSSR count). The third kappa shape index (κ3) is 3.87. The van der Waals surface area contributed by atoms with Crippen LogP contribution in [0.2, 0.25) is 0 Å². The first kappa shape index (κ1) is 18.4. The standard InChI is InChI=1S/C18H19NO6S/c1-23-16-8-7-14(18(20)25-15-5-3-2-4-6-15)13-17(16)26(21,22)19-9-11-24-12-10-19/h2-8,13H,9-12H2,1H3. The summed E-state index contributed by atoms with van der Waals surface area (Å²) in [6.07, 6.45) is 0. The van der Waals surface area contributed by atoms with E-state index in [1.54, 1.807) is 30.3 Å². The maximum atomic E-state index is 12.9. The molecule has 138 valence electrons. The Hall–Kier alpha value is -2.42. The summed E-state index contributed by atoms with van der Waals surface area (Å²) < 4.78 is 42.9. The van der Waals surface area contributed by atoms with Crippen molar-refractivity contribution >= 4 is 16.0 Å². The third-order valence-corrected chi connectivity index (χ3v) is 5.86. The average molecular weight is 377 g/mol. The number of methoxy groups -OCH3 is 1. The van der Waals surface area contributed by atoms with Crippen LogP contribution >= 0.6 is 0 Å². The number of morpholine rings is 1. The molecule has 0 saturated carbocycles. The minimum Gasteiger partial charge on any atom is -0.495 e. The van der Waals surface area contributed by atoms with E-state index in [0.29, 0.717) is 19.0 Å². The van der Waals surface area contributed by atoms with Crippen LogP contribution in [0.25, 0.3) is 0 Å². The number of para-hydroxylation sites is 1. The van der Waals surface area contributed by atoms with Gasteiger partial charge < -0.3 is 14.2 Å². The Morgan fingerprint density at radius 3 is 2.42 bits per heavy atom. The van der Waals surface area contributed by atoms with Crippen LogP contribution in [0.5, 0.6) is 11.5 Å². The molecule has 1 saturated heterocycles. The van der Waals surface area contributed by atoms with Crippen LogP contribution in [0.1, 0.15) is 10.4 Å². The van der Waals surface area contributed by atoms with Crippen molar-refractivity contribution in [1.82, 2.24) is 4.31 Å². The molecule has 1 aliphatic heterocycles. The van der Waals surface area contributed by atoms with Crippen LogP contribution in [0, 0.1) is 0 Å². The fourth-order valence-corrected chi connectivity index (χ4v) is 4.18. The zero-order valence-corrected chi connectivity index (χ0v) is 15.1. The molecule has 0 aliphatic carbocycles. The molecular formula is C18H19NO6S. The van der Waals surface area contributed by atoms with E-state index in [2.05, 4.69) is 0 Å². The van der Waals surface area contributed by atoms with E-state index in [1.165, 1.54) is 29.6 Å². The van der Waals surface area contributed by atoms with Gasteiger partial charge in [-0.1, -0.05) is 18.2 Å². The number of hydrogen-bond acceptors (Lipinski definition) is 6. The Kier molecular flexibility index (Phi) is 5.55. The largest absolute Gasteiger partial charge is 0.495 e. The summed E-state index contributed by atoms with van der Waals surface area (Å²) in [6, 6.07) is 12.8. The molecule has 1 fully saturated rings. The van der Waals surface area contributed by atoms with Gasteiger partial charge in [0, 0.05) is 13.1 Å². The molecule has 26 heavy (non-hydrogen) atoms. The number of hydrogen-bond donors (Lipinski definition) is 0. The molecule has 0 amide bonds. The topological polar surface area (TPSA) is 82.1 Å². The normalized spacial score (nSPS) is 15.4. The summed E-state index contributed by atoms with van der Waals surface area (Å²) in [7, 11) is -2.43. The fourth-order valence-electron chi connectivity index (χ4n) is 2.59. The highest BCUT2D eigenvalue weighted by Crippen LogP contribution is 2.29. The molecule has 2 aromatic rings. The summed E-state index contributed by atoms with van der Waals surface area (Å²) in [6.45, 7) is 1.17. The van der Waals surface area contributed by atoms with Crippen LogP contribution in [-0.2, 0) is 14.8 Å². The molecule has 0 aromatic heterocycles. The van der Waals surface area contributed by atoms with Crippen LogP contribution in [0.4, 0.5) is 0 Å². The molecule has 1 aliphatic rings. The molecule has 2 aromatic carbocycles. The molecule has 1 heterocycles. The van der Waals surface area contributed by atoms with E-state index >= 15 is 0 Å². The molecule has 0 unspecified atom stereocenters. The van der Waals surface area contributed by atoms with Crippen LogP contribution in [-0.4, -0.2) is 52.1 Å². The van der Waals surface area contributed by atoms with Crippen molar-refractivity contribution in [2.75, 3.05) is 33.4 Å². The molecule has 0 radical (unpaired) electrons. The van der Waals surface area contributed by atoms with Crippen molar-refractivity contribution in [2.24, 2.45) is 0 Å². The second kappa shape index (κ2) is 7.86. The van der Waals surface area contributed by atoms with Gasteiger partial charge in [0.2, 0.25) is 10.0 Å². The minimum atomic E-state index is -3.81. The Balaban J connectivity index is 1.92. The lowest BCUT2D eigenvalue weighted by Gasteiger charge is -2.26. The number of benzene rings is 2. The second-order valence-corrected chi connectivity index (χ2v) is 7.49. The summed E-state index contributed by atoms with van der Waals surface area (Å²) in [5, 5.41) is 0. The van der Waals surface area contributed by atoms with Crippen LogP contribution in [0.3, 0.4) is 0 Å². The first-order valence-electron chi connectivity index (χ1n) is 8.05. The molecule has 0 atom stereocenters. The van der Waals surface area contributed by atoms with E-state index in [-0.39, 0.29) is 29.3 Å². The van der Waals surface area contributed by atoms with Gasteiger partial charge in [-0.15, -0.1) is 0 Å². The summed E-state index contributed by atoms with van der Waals surface area (Å²) in [5.74, 6) is -0.0871. The third-order valence-electron chi connectivity index (χ3n) is 3.94. The highest BCUT2D eigenvalue weighted by molar-refractivity contribution is 7.89. The molecule has 0 N–H and O–H groups in total. The van der Waals surface area contributed by atoms with E-state index in [4.69, 9.17) is 14.2 Å². The fraction of sp³-hybridized carbons (Fsp3) is 0.278. The van der Waals surface area contributed by atoms with Crippen molar-refractivity contribution in [3.8, 4) is 11.5 Å². The number of esters is 1. The number of rotatable bonds is 5. The Morgan fingerprint density at radius 2 is 1.77 bits per heavy atom. The maximum Gasteiger partial charge on any atom is 0.343 e. The van der Waals surface area contributed by atoms with E-state index in [1.807, 2.05) is 0 Å². The summed E-state index contributed by atoms with van der Waals surface area (Å²) >= 11 is 0. The van der Waals surface area contributed by atoms with Crippen molar-refractivity contribution in [3.05, 3.63) is 54.1 Å². The predicted molar refractivity (Wildman–Crippen MR) is 94.0 cm³/mol. The van der Waals surface area contributed by atoms with Gasteiger partial charge in [0.15, 0.2) is 0 Å². The Morgan fingerprint density at radius 1 is 1.08 bits per heavy atom. The average Bonchev–Trinajstić information content (AvgIpc) is 2.69. The predicted octanol–water partition coefficient (Wildman–Crippen LogP) is 1.94. The van der Waals surface area contributed by atoms with Gasteiger partial charge in [-0.2, -0.15) is 4.31 Å². The lowest BCUT2D eigenvalue weighted by Crippen LogP contribution is -2.40. The van der Waals surface area contributed by atoms with Gasteiger partial charge in [0.05, 0.1) is 25.9 Å². The number of carbonyl (C=O) groups is 1. The van der Waals surface area contributed by atoms with Gasteiger partial charge in [-0.25, -0.2) is 13.2 Å². The number of ether oxygens (including phenoxy) is 3. The van der Waals surface area contributed by atoms with E-state index < -0.39 is 16.0 Å². The zero-order valence-electron chi connectivity index (χ0n) is 14.3. The first-order chi connectivity index (χ1) is 12.5. The molecular weight excluding hydrogens is 358 g/mol. The lowest BCUT2D eigenvalue weighted by atomic mass is 10.2. The monoisotopic (exact) mass is 377 g/mol. The van der Waals surface area contributed by atoms with Crippen molar-refractivity contribution in [2.45, 2.75) is 4.90 Å². The van der Waals surface area contributed by atoms with Crippen molar-refractivity contribution in [3.63, 3.8) is 0 Å². The Labute approximate surface area is 152 Å². The van der Waals surface area contributed by atoms with Gasteiger partial charge in [0.1, 0.15) is 16.4 Å². The van der Waals surface area contributed by atoms with Crippen LogP contribution < -0.4 is 9.47 Å². The highest BCUT2D eigenvalue weighted by Gasteiger charge is 2.30. The Bertz CT molecular complexity index is 876. The number of nitrogens with zero attached hydrogens (tertiary/aromatic N) is 1. The second-order valence-electron chi connectivity index (χ2n) is 5.58. The van der Waals surface area contributed by atoms with Crippen LogP contribution in [0.15, 0.2) is 53.4 Å². The maximum absolute atomic E-state index is 12.9. The number of carbonyl (C=O) groups excluding carboxylic acids is 1. The zero-order chi connectivity index (χ0) is 18.6. The van der Waals surface area contributed by atoms with Gasteiger partial charge in [-0.3, -0.25) is 0 Å². The van der Waals surface area contributed by atoms with Crippen molar-refractivity contribution in [1.29, 1.82) is 0 Å². The first-order valence-corrected chi connectivity index (χ1v) is 9.49. The van der Waals surface area contributed by atoms with E-state index in [0.717, 1.165) is 0 Å². The highest BCUT2D eigenvalue weighted by atomic mass is 32.2. The van der Waals surface area contributed by atoms with Crippen molar-refractivity contribution < 1.29 is 27.4 Å². The van der Waals surface area contributed by atoms with Gasteiger partial charge in [0.25, 0.3) is 0 Å². The smallest absolute Gasteiger partial charge is 0.343 e. The SMILES string of the molecule is COc1ccc(C(=O)Oc2ccccc2)cc1S(=O)(=O)N1CCOCC1. The number of sulfonamides is 1.